The van der Waals surface area contributed by atoms with Crippen molar-refractivity contribution in [1.29, 1.82) is 0 Å². The third-order valence-electron chi connectivity index (χ3n) is 4.59. The minimum atomic E-state index is -1.63. The number of allylic oxidation sites excluding steroid dienone is 2. The van der Waals surface area contributed by atoms with Crippen molar-refractivity contribution in [3.05, 3.63) is 60.7 Å². The van der Waals surface area contributed by atoms with E-state index in [0.29, 0.717) is 24.8 Å². The predicted octanol–water partition coefficient (Wildman–Crippen LogP) is 6.36. The van der Waals surface area contributed by atoms with Crippen LogP contribution in [0.1, 0.15) is 12.8 Å². The van der Waals surface area contributed by atoms with Gasteiger partial charge in [0, 0.05) is 11.9 Å². The number of halogens is 4. The van der Waals surface area contributed by atoms with Crippen LogP contribution in [-0.2, 0) is 9.59 Å². The third kappa shape index (κ3) is 4.80. The average molecular weight is 477 g/mol. The Balaban J connectivity index is 0.000000188. The molecular formula is C20H17Cl4NO2S. The second kappa shape index (κ2) is 9.27. The van der Waals surface area contributed by atoms with E-state index in [-0.39, 0.29) is 23.7 Å². The summed E-state index contributed by atoms with van der Waals surface area (Å²) in [6, 6.07) is 16.7. The molecule has 2 aromatic rings. The first kappa shape index (κ1) is 21.8. The molecule has 148 valence electrons. The topological polar surface area (TPSA) is 37.4 Å². The van der Waals surface area contributed by atoms with Crippen LogP contribution in [0.25, 0.3) is 10.8 Å². The highest BCUT2D eigenvalue weighted by atomic mass is 35.5. The van der Waals surface area contributed by atoms with Gasteiger partial charge in [-0.25, -0.2) is 4.31 Å². The molecule has 2 amide bonds. The normalized spacial score (nSPS) is 21.7. The summed E-state index contributed by atoms with van der Waals surface area (Å²) in [6.45, 7) is 0. The second-order valence-corrected chi connectivity index (χ2v) is 10.5. The van der Waals surface area contributed by atoms with E-state index in [1.165, 1.54) is 10.8 Å². The van der Waals surface area contributed by atoms with Crippen LogP contribution in [-0.4, -0.2) is 24.6 Å². The molecule has 0 aromatic heterocycles. The van der Waals surface area contributed by atoms with Gasteiger partial charge in [-0.15, -0.1) is 23.2 Å². The Kier molecular flexibility index (Phi) is 7.21. The molecule has 0 bridgehead atoms. The zero-order chi connectivity index (χ0) is 20.3. The average Bonchev–Trinajstić information content (AvgIpc) is 2.93. The van der Waals surface area contributed by atoms with Crippen LogP contribution in [0.3, 0.4) is 0 Å². The van der Waals surface area contributed by atoms with Crippen LogP contribution in [0.2, 0.25) is 0 Å². The van der Waals surface area contributed by atoms with Crippen molar-refractivity contribution < 1.29 is 9.59 Å². The summed E-state index contributed by atoms with van der Waals surface area (Å²) in [5.41, 5.74) is 0. The largest absolute Gasteiger partial charge is 0.273 e. The van der Waals surface area contributed by atoms with Crippen LogP contribution >= 0.6 is 58.4 Å². The first-order chi connectivity index (χ1) is 13.3. The van der Waals surface area contributed by atoms with E-state index in [4.69, 9.17) is 46.4 Å². The zero-order valence-corrected chi connectivity index (χ0v) is 18.4. The van der Waals surface area contributed by atoms with E-state index in [1.807, 2.05) is 12.2 Å². The number of alkyl halides is 4. The molecule has 1 heterocycles. The Morgan fingerprint density at radius 1 is 0.857 bits per heavy atom. The fourth-order valence-electron chi connectivity index (χ4n) is 3.15. The van der Waals surface area contributed by atoms with Gasteiger partial charge in [0.25, 0.3) is 0 Å². The molecule has 2 unspecified atom stereocenters. The van der Waals surface area contributed by atoms with E-state index in [2.05, 4.69) is 48.5 Å². The maximum absolute atomic E-state index is 12.1. The number of imide groups is 1. The summed E-state index contributed by atoms with van der Waals surface area (Å²) in [6.07, 6.45) is 4.94. The molecule has 0 N–H and O–H groups in total. The number of hydrogen-bond donors (Lipinski definition) is 0. The molecular weight excluding hydrogens is 460 g/mol. The lowest BCUT2D eigenvalue weighted by Gasteiger charge is -2.24. The lowest BCUT2D eigenvalue weighted by atomic mass is 9.85. The lowest BCUT2D eigenvalue weighted by molar-refractivity contribution is -0.133. The third-order valence-corrected chi connectivity index (χ3v) is 7.83. The van der Waals surface area contributed by atoms with Crippen LogP contribution < -0.4 is 0 Å². The van der Waals surface area contributed by atoms with E-state index in [9.17, 15) is 9.59 Å². The first-order valence-corrected chi connectivity index (χ1v) is 11.0. The maximum Gasteiger partial charge on any atom is 0.243 e. The Morgan fingerprint density at radius 3 is 1.61 bits per heavy atom. The molecule has 2 aromatic carbocycles. The van der Waals surface area contributed by atoms with Gasteiger partial charge in [-0.1, -0.05) is 83.9 Å². The molecule has 1 fully saturated rings. The number of hydrogen-bond acceptors (Lipinski definition) is 3. The van der Waals surface area contributed by atoms with E-state index >= 15 is 0 Å². The van der Waals surface area contributed by atoms with Crippen LogP contribution in [0, 0.1) is 11.8 Å². The monoisotopic (exact) mass is 475 g/mol. The quantitative estimate of drug-likeness (QED) is 0.224. The highest BCUT2D eigenvalue weighted by Crippen LogP contribution is 2.48. The minimum Gasteiger partial charge on any atom is -0.273 e. The molecule has 1 aliphatic carbocycles. The number of carbonyl (C=O) groups excluding carboxylic acids is 2. The van der Waals surface area contributed by atoms with Gasteiger partial charge in [-0.3, -0.25) is 9.59 Å². The summed E-state index contributed by atoms with van der Waals surface area (Å²) in [5, 5.41) is 2.62. The van der Waals surface area contributed by atoms with Gasteiger partial charge in [-0.05, 0) is 23.6 Å². The molecule has 0 saturated carbocycles. The van der Waals surface area contributed by atoms with Crippen molar-refractivity contribution in [2.45, 2.75) is 21.3 Å². The Hall–Kier alpha value is -0.910. The summed E-state index contributed by atoms with van der Waals surface area (Å²) in [4.78, 5) is 23.1. The maximum atomic E-state index is 12.1. The molecule has 2 aliphatic rings. The standard InChI is InChI=1S/C10H9Cl4NO2S.C10H8/c11-9(12)10(13,14)18-15-7(16)5-3-1-2-4-6(5)8(15)17;1-2-6-10-8-4-3-7-9(10)5-1/h1-2,5-6,9H,3-4H2;1-8H. The summed E-state index contributed by atoms with van der Waals surface area (Å²) in [5.74, 6) is -1.19. The van der Waals surface area contributed by atoms with Crippen molar-refractivity contribution in [2.75, 3.05) is 0 Å². The van der Waals surface area contributed by atoms with Gasteiger partial charge in [0.2, 0.25) is 15.5 Å². The van der Waals surface area contributed by atoms with E-state index in [0.717, 1.165) is 4.31 Å². The van der Waals surface area contributed by atoms with Crippen molar-refractivity contribution in [3.8, 4) is 0 Å². The summed E-state index contributed by atoms with van der Waals surface area (Å²) in [7, 11) is 0. The minimum absolute atomic E-state index is 0.279. The van der Waals surface area contributed by atoms with Gasteiger partial charge in [0.05, 0.1) is 11.8 Å². The Labute approximate surface area is 188 Å². The van der Waals surface area contributed by atoms with Gasteiger partial charge in [-0.2, -0.15) is 0 Å². The highest BCUT2D eigenvalue weighted by Gasteiger charge is 2.51. The first-order valence-electron chi connectivity index (χ1n) is 8.63. The number of fused-ring (bicyclic) bond motifs is 2. The predicted molar refractivity (Wildman–Crippen MR) is 119 cm³/mol. The Bertz CT molecular complexity index is 811. The SMILES string of the molecule is O=C1C2CC=CCC2C(=O)N1SC(Cl)(Cl)C(Cl)Cl.c1ccc2ccccc2c1. The molecule has 28 heavy (non-hydrogen) atoms. The fourth-order valence-corrected chi connectivity index (χ4v) is 4.58. The highest BCUT2D eigenvalue weighted by molar-refractivity contribution is 8.02. The second-order valence-electron chi connectivity index (χ2n) is 6.43. The van der Waals surface area contributed by atoms with Crippen LogP contribution in [0.5, 0.6) is 0 Å². The molecule has 0 radical (unpaired) electrons. The van der Waals surface area contributed by atoms with Gasteiger partial charge in [0.1, 0.15) is 0 Å². The van der Waals surface area contributed by atoms with Crippen molar-refractivity contribution in [2.24, 2.45) is 11.8 Å². The van der Waals surface area contributed by atoms with Crippen LogP contribution in [0.15, 0.2) is 60.7 Å². The molecule has 0 spiro atoms. The van der Waals surface area contributed by atoms with Crippen molar-refractivity contribution in [1.82, 2.24) is 4.31 Å². The number of amides is 2. The zero-order valence-electron chi connectivity index (χ0n) is 14.6. The number of benzene rings is 2. The lowest BCUT2D eigenvalue weighted by Crippen LogP contribution is -2.31. The number of rotatable bonds is 3. The summed E-state index contributed by atoms with van der Waals surface area (Å²) >= 11 is 23.7. The number of nitrogens with zero attached hydrogens (tertiary/aromatic N) is 1. The van der Waals surface area contributed by atoms with Gasteiger partial charge in [0.15, 0.2) is 4.84 Å². The smallest absolute Gasteiger partial charge is 0.243 e. The van der Waals surface area contributed by atoms with Crippen LogP contribution in [0.4, 0.5) is 0 Å². The molecule has 3 nitrogen and oxygen atoms in total. The van der Waals surface area contributed by atoms with E-state index < -0.39 is 8.50 Å². The van der Waals surface area contributed by atoms with Crippen molar-refractivity contribution >= 4 is 80.9 Å². The van der Waals surface area contributed by atoms with Crippen molar-refractivity contribution in [3.63, 3.8) is 0 Å². The van der Waals surface area contributed by atoms with E-state index in [1.54, 1.807) is 0 Å². The molecule has 4 rings (SSSR count). The summed E-state index contributed by atoms with van der Waals surface area (Å²) < 4.78 is -0.630. The van der Waals surface area contributed by atoms with Gasteiger partial charge < -0.3 is 0 Å². The van der Waals surface area contributed by atoms with Gasteiger partial charge >= 0.3 is 0 Å². The molecule has 8 heteroatoms. The molecule has 1 aliphatic heterocycles. The fraction of sp³-hybridized carbons (Fsp3) is 0.300. The number of carbonyl (C=O) groups is 2. The molecule has 1 saturated heterocycles. The molecule has 2 atom stereocenters. The Morgan fingerprint density at radius 2 is 1.25 bits per heavy atom.